The van der Waals surface area contributed by atoms with Crippen LogP contribution in [0.3, 0.4) is 0 Å². The van der Waals surface area contributed by atoms with E-state index in [-0.39, 0.29) is 11.9 Å². The van der Waals surface area contributed by atoms with Crippen LogP contribution in [0.5, 0.6) is 0 Å². The highest BCUT2D eigenvalue weighted by molar-refractivity contribution is 6.33. The molecule has 3 amide bonds. The van der Waals surface area contributed by atoms with E-state index in [0.29, 0.717) is 50.6 Å². The molecule has 0 aromatic heterocycles. The fourth-order valence-corrected chi connectivity index (χ4v) is 6.18. The summed E-state index contributed by atoms with van der Waals surface area (Å²) in [6.07, 6.45) is 2.93. The zero-order chi connectivity index (χ0) is 27.8. The quantitative estimate of drug-likeness (QED) is 0.412. The summed E-state index contributed by atoms with van der Waals surface area (Å²) in [5, 5.41) is 19.3. The van der Waals surface area contributed by atoms with Crippen molar-refractivity contribution in [3.8, 4) is 11.1 Å². The first kappa shape index (κ1) is 29.2. The monoisotopic (exact) mass is 556 g/mol. The van der Waals surface area contributed by atoms with Gasteiger partial charge in [0.05, 0.1) is 12.7 Å². The van der Waals surface area contributed by atoms with Crippen LogP contribution in [0, 0.1) is 5.92 Å². The summed E-state index contributed by atoms with van der Waals surface area (Å²) in [6.45, 7) is 6.59. The number of methoxy groups -OCH3 is 1. The Hall–Kier alpha value is -2.81. The Morgan fingerprint density at radius 2 is 1.92 bits per heavy atom. The van der Waals surface area contributed by atoms with Crippen LogP contribution in [-0.4, -0.2) is 80.0 Å². The Bertz CT molecular complexity index is 1140. The third kappa shape index (κ3) is 6.86. The Kier molecular flexibility index (Phi) is 10.1. The van der Waals surface area contributed by atoms with Gasteiger partial charge in [0.2, 0.25) is 0 Å². The number of aryl methyl sites for hydroxylation is 1. The lowest BCUT2D eigenvalue weighted by molar-refractivity contribution is -0.0562. The lowest BCUT2D eigenvalue weighted by Gasteiger charge is -2.45. The van der Waals surface area contributed by atoms with Gasteiger partial charge in [-0.05, 0) is 54.9 Å². The normalized spacial score (nSPS) is 19.3. The van der Waals surface area contributed by atoms with Crippen molar-refractivity contribution < 1.29 is 19.4 Å². The van der Waals surface area contributed by atoms with E-state index in [0.717, 1.165) is 49.0 Å². The number of amides is 3. The van der Waals surface area contributed by atoms with Crippen molar-refractivity contribution in [2.75, 3.05) is 52.9 Å². The standard InChI is InChI=1S/C30H41ClN4O4/c1-3-22-8-4-9-23(20-22)27-25(11-5-12-26(27)31)30(38,13-7-14-33-28(36)39-2)24-10-6-17-35(21-24)29(37)34-18-15-32-16-19-34/h4-5,8-9,11-12,20,24,32,38H,3,6-7,10,13-19,21H2,1-2H3,(H,33,36)/t24-,30+/m1/s1. The number of nitrogens with zero attached hydrogens (tertiary/aromatic N) is 2. The minimum absolute atomic E-state index is 0.0397. The maximum atomic E-state index is 13.4. The smallest absolute Gasteiger partial charge is 0.406 e. The third-order valence-corrected chi connectivity index (χ3v) is 8.36. The number of likely N-dealkylation sites (tertiary alicyclic amines) is 1. The molecule has 212 valence electrons. The number of aliphatic hydroxyl groups is 1. The molecule has 9 heteroatoms. The van der Waals surface area contributed by atoms with Crippen LogP contribution in [0.4, 0.5) is 9.59 Å². The summed E-state index contributed by atoms with van der Waals surface area (Å²) < 4.78 is 4.71. The highest BCUT2D eigenvalue weighted by Crippen LogP contribution is 2.45. The summed E-state index contributed by atoms with van der Waals surface area (Å²) in [7, 11) is 1.33. The molecule has 0 radical (unpaired) electrons. The summed E-state index contributed by atoms with van der Waals surface area (Å²) in [5.74, 6) is -0.192. The van der Waals surface area contributed by atoms with Gasteiger partial charge in [-0.1, -0.05) is 54.9 Å². The van der Waals surface area contributed by atoms with Crippen LogP contribution in [0.2, 0.25) is 5.02 Å². The number of rotatable bonds is 8. The Morgan fingerprint density at radius 1 is 1.15 bits per heavy atom. The predicted octanol–water partition coefficient (Wildman–Crippen LogP) is 4.63. The minimum Gasteiger partial charge on any atom is -0.453 e. The second kappa shape index (κ2) is 13.5. The number of benzene rings is 2. The first-order valence-corrected chi connectivity index (χ1v) is 14.4. The van der Waals surface area contributed by atoms with E-state index in [1.807, 2.05) is 40.1 Å². The van der Waals surface area contributed by atoms with Crippen LogP contribution in [0.25, 0.3) is 11.1 Å². The van der Waals surface area contributed by atoms with Crippen molar-refractivity contribution in [1.82, 2.24) is 20.4 Å². The Morgan fingerprint density at radius 3 is 2.67 bits per heavy atom. The number of piperazine rings is 1. The fourth-order valence-electron chi connectivity index (χ4n) is 5.90. The molecule has 0 bridgehead atoms. The molecular formula is C30H41ClN4O4. The van der Waals surface area contributed by atoms with E-state index in [1.165, 1.54) is 12.7 Å². The molecule has 39 heavy (non-hydrogen) atoms. The number of nitrogens with one attached hydrogen (secondary N) is 2. The number of hydrogen-bond donors (Lipinski definition) is 3. The van der Waals surface area contributed by atoms with Gasteiger partial charge >= 0.3 is 12.1 Å². The van der Waals surface area contributed by atoms with E-state index in [9.17, 15) is 14.7 Å². The van der Waals surface area contributed by atoms with Gasteiger partial charge in [0.1, 0.15) is 0 Å². The van der Waals surface area contributed by atoms with Gasteiger partial charge in [-0.25, -0.2) is 9.59 Å². The van der Waals surface area contributed by atoms with E-state index < -0.39 is 11.7 Å². The fraction of sp³-hybridized carbons (Fsp3) is 0.533. The first-order chi connectivity index (χ1) is 18.9. The van der Waals surface area contributed by atoms with Crippen molar-refractivity contribution in [2.45, 2.75) is 44.6 Å². The predicted molar refractivity (Wildman–Crippen MR) is 154 cm³/mol. The number of carbonyl (C=O) groups excluding carboxylic acids is 2. The van der Waals surface area contributed by atoms with E-state index in [4.69, 9.17) is 16.3 Å². The molecule has 0 aliphatic carbocycles. The molecule has 2 aromatic carbocycles. The van der Waals surface area contributed by atoms with Crippen molar-refractivity contribution in [2.24, 2.45) is 5.92 Å². The molecule has 2 saturated heterocycles. The third-order valence-electron chi connectivity index (χ3n) is 8.05. The SMILES string of the molecule is CCc1cccc(-c2c(Cl)cccc2[C@](O)(CCCNC(=O)OC)[C@@H]2CCCN(C(=O)N3CCNCC3)C2)c1. The number of urea groups is 1. The number of carbonyl (C=O) groups is 2. The van der Waals surface area contributed by atoms with Gasteiger partial charge in [-0.2, -0.15) is 0 Å². The molecule has 2 atom stereocenters. The zero-order valence-corrected chi connectivity index (χ0v) is 23.8. The zero-order valence-electron chi connectivity index (χ0n) is 23.0. The van der Waals surface area contributed by atoms with E-state index >= 15 is 0 Å². The van der Waals surface area contributed by atoms with Gasteiger partial charge in [-0.15, -0.1) is 0 Å². The highest BCUT2D eigenvalue weighted by Gasteiger charge is 2.43. The molecule has 2 aliphatic heterocycles. The second-order valence-electron chi connectivity index (χ2n) is 10.5. The number of ether oxygens (including phenoxy) is 1. The molecule has 4 rings (SSSR count). The van der Waals surface area contributed by atoms with Crippen LogP contribution >= 0.6 is 11.6 Å². The average Bonchev–Trinajstić information content (AvgIpc) is 2.99. The van der Waals surface area contributed by atoms with E-state index in [2.05, 4.69) is 29.7 Å². The largest absolute Gasteiger partial charge is 0.453 e. The summed E-state index contributed by atoms with van der Waals surface area (Å²) in [5.41, 5.74) is 2.48. The summed E-state index contributed by atoms with van der Waals surface area (Å²) in [4.78, 5) is 28.9. The van der Waals surface area contributed by atoms with Gasteiger partial charge in [-0.3, -0.25) is 0 Å². The maximum absolute atomic E-state index is 13.4. The van der Waals surface area contributed by atoms with Gasteiger partial charge in [0.25, 0.3) is 0 Å². The van der Waals surface area contributed by atoms with Crippen LogP contribution in [0.1, 0.15) is 43.7 Å². The number of hydrogen-bond acceptors (Lipinski definition) is 5. The summed E-state index contributed by atoms with van der Waals surface area (Å²) in [6, 6.07) is 14.0. The molecule has 2 heterocycles. The maximum Gasteiger partial charge on any atom is 0.406 e. The Balaban J connectivity index is 1.68. The van der Waals surface area contributed by atoms with Crippen molar-refractivity contribution in [3.63, 3.8) is 0 Å². The highest BCUT2D eigenvalue weighted by atomic mass is 35.5. The van der Waals surface area contributed by atoms with Crippen LogP contribution < -0.4 is 10.6 Å². The van der Waals surface area contributed by atoms with Gasteiger partial charge < -0.3 is 30.3 Å². The molecule has 0 saturated carbocycles. The number of piperidine rings is 1. The molecule has 0 unspecified atom stereocenters. The topological polar surface area (TPSA) is 94.1 Å². The lowest BCUT2D eigenvalue weighted by atomic mass is 9.72. The lowest BCUT2D eigenvalue weighted by Crippen LogP contribution is -2.55. The van der Waals surface area contributed by atoms with Gasteiger partial charge in [0.15, 0.2) is 0 Å². The van der Waals surface area contributed by atoms with Gasteiger partial charge in [0, 0.05) is 62.3 Å². The molecule has 2 fully saturated rings. The Labute approximate surface area is 236 Å². The number of halogens is 1. The summed E-state index contributed by atoms with van der Waals surface area (Å²) >= 11 is 6.85. The van der Waals surface area contributed by atoms with Crippen molar-refractivity contribution in [1.29, 1.82) is 0 Å². The van der Waals surface area contributed by atoms with Crippen LogP contribution in [-0.2, 0) is 16.8 Å². The van der Waals surface area contributed by atoms with Crippen molar-refractivity contribution >= 4 is 23.7 Å². The molecular weight excluding hydrogens is 516 g/mol. The first-order valence-electron chi connectivity index (χ1n) is 14.0. The molecule has 0 spiro atoms. The molecule has 2 aromatic rings. The van der Waals surface area contributed by atoms with Crippen molar-refractivity contribution in [3.05, 3.63) is 58.6 Å². The number of alkyl carbamates (subject to hydrolysis) is 1. The molecule has 3 N–H and O–H groups in total. The minimum atomic E-state index is -1.26. The second-order valence-corrected chi connectivity index (χ2v) is 10.9. The molecule has 2 aliphatic rings. The molecule has 8 nitrogen and oxygen atoms in total. The van der Waals surface area contributed by atoms with Crippen LogP contribution in [0.15, 0.2) is 42.5 Å². The van der Waals surface area contributed by atoms with E-state index in [1.54, 1.807) is 0 Å². The average molecular weight is 557 g/mol.